The van der Waals surface area contributed by atoms with Gasteiger partial charge in [-0.25, -0.2) is 0 Å². The van der Waals surface area contributed by atoms with Gasteiger partial charge in [-0.15, -0.1) is 0 Å². The second-order valence-corrected chi connectivity index (χ2v) is 8.73. The number of anilines is 1. The van der Waals surface area contributed by atoms with Gasteiger partial charge in [0.1, 0.15) is 11.5 Å². The highest BCUT2D eigenvalue weighted by Gasteiger charge is 2.43. The highest BCUT2D eigenvalue weighted by Crippen LogP contribution is 2.45. The van der Waals surface area contributed by atoms with Crippen LogP contribution in [0.1, 0.15) is 49.4 Å². The number of nitrogens with one attached hydrogen (secondary N) is 1. The molecule has 0 saturated heterocycles. The fraction of sp³-hybridized carbons (Fsp3) is 0.391. The SMILES string of the molecule is Cc1cc2c(cc1C)N[C@H](c1ccc(O)cc1)C1C(=O)CC(C)(C)CC1=N2. The van der Waals surface area contributed by atoms with Gasteiger partial charge in [0.25, 0.3) is 0 Å². The zero-order valence-electron chi connectivity index (χ0n) is 16.3. The Labute approximate surface area is 160 Å². The molecule has 140 valence electrons. The lowest BCUT2D eigenvalue weighted by Gasteiger charge is -2.37. The Balaban J connectivity index is 1.89. The van der Waals surface area contributed by atoms with Crippen LogP contribution in [-0.2, 0) is 4.79 Å². The average molecular weight is 362 g/mol. The normalized spacial score (nSPS) is 23.6. The number of Topliss-reactive ketones (excluding diaryl/α,β-unsaturated/α-hetero) is 1. The summed E-state index contributed by atoms with van der Waals surface area (Å²) in [6.07, 6.45) is 1.37. The molecule has 4 heteroatoms. The molecule has 1 fully saturated rings. The molecule has 2 aliphatic rings. The fourth-order valence-corrected chi connectivity index (χ4v) is 4.29. The topological polar surface area (TPSA) is 61.7 Å². The third-order valence-electron chi connectivity index (χ3n) is 5.79. The number of phenols is 1. The van der Waals surface area contributed by atoms with Crippen molar-refractivity contribution in [2.24, 2.45) is 16.3 Å². The van der Waals surface area contributed by atoms with Gasteiger partial charge < -0.3 is 10.4 Å². The largest absolute Gasteiger partial charge is 0.508 e. The molecule has 4 rings (SSSR count). The Morgan fingerprint density at radius 1 is 1.07 bits per heavy atom. The van der Waals surface area contributed by atoms with Gasteiger partial charge in [0.05, 0.1) is 23.3 Å². The van der Waals surface area contributed by atoms with Crippen molar-refractivity contribution in [3.63, 3.8) is 0 Å². The second-order valence-electron chi connectivity index (χ2n) is 8.73. The first-order valence-corrected chi connectivity index (χ1v) is 9.50. The Morgan fingerprint density at radius 2 is 1.74 bits per heavy atom. The maximum atomic E-state index is 13.2. The van der Waals surface area contributed by atoms with Crippen LogP contribution in [0.3, 0.4) is 0 Å². The zero-order valence-corrected chi connectivity index (χ0v) is 16.3. The number of phenolic OH excluding ortho intramolecular Hbond substituents is 1. The van der Waals surface area contributed by atoms with E-state index in [-0.39, 0.29) is 28.9 Å². The molecule has 2 atom stereocenters. The van der Waals surface area contributed by atoms with Crippen LogP contribution < -0.4 is 5.32 Å². The van der Waals surface area contributed by atoms with Crippen LogP contribution >= 0.6 is 0 Å². The number of aliphatic imine (C=N–C) groups is 1. The highest BCUT2D eigenvalue weighted by atomic mass is 16.3. The molecule has 1 heterocycles. The van der Waals surface area contributed by atoms with Crippen LogP contribution in [0.2, 0.25) is 0 Å². The van der Waals surface area contributed by atoms with Crippen molar-refractivity contribution in [2.45, 2.75) is 46.6 Å². The number of aryl methyl sites for hydroxylation is 2. The molecule has 2 aromatic carbocycles. The quantitative estimate of drug-likeness (QED) is 0.728. The van der Waals surface area contributed by atoms with Gasteiger partial charge in [-0.05, 0) is 66.6 Å². The van der Waals surface area contributed by atoms with Crippen LogP contribution in [0, 0.1) is 25.2 Å². The number of fused-ring (bicyclic) bond motifs is 2. The van der Waals surface area contributed by atoms with E-state index >= 15 is 0 Å². The van der Waals surface area contributed by atoms with E-state index in [1.54, 1.807) is 12.1 Å². The Bertz CT molecular complexity index is 942. The summed E-state index contributed by atoms with van der Waals surface area (Å²) in [5.74, 6) is 0.177. The predicted molar refractivity (Wildman–Crippen MR) is 109 cm³/mol. The first kappa shape index (κ1) is 17.8. The summed E-state index contributed by atoms with van der Waals surface area (Å²) in [6, 6.07) is 11.2. The number of hydrogen-bond acceptors (Lipinski definition) is 4. The number of ketones is 1. The maximum Gasteiger partial charge on any atom is 0.144 e. The summed E-state index contributed by atoms with van der Waals surface area (Å²) in [6.45, 7) is 8.45. The van der Waals surface area contributed by atoms with Crippen LogP contribution in [-0.4, -0.2) is 16.6 Å². The van der Waals surface area contributed by atoms with Gasteiger partial charge in [0.2, 0.25) is 0 Å². The van der Waals surface area contributed by atoms with Crippen molar-refractivity contribution in [3.8, 4) is 5.75 Å². The Hall–Kier alpha value is -2.62. The summed E-state index contributed by atoms with van der Waals surface area (Å²) in [5.41, 5.74) is 6.14. The molecule has 0 aromatic heterocycles. The van der Waals surface area contributed by atoms with Gasteiger partial charge >= 0.3 is 0 Å². The van der Waals surface area contributed by atoms with E-state index in [2.05, 4.69) is 45.1 Å². The van der Waals surface area contributed by atoms with Crippen molar-refractivity contribution < 1.29 is 9.90 Å². The molecule has 0 spiro atoms. The molecule has 2 N–H and O–H groups in total. The van der Waals surface area contributed by atoms with Crippen molar-refractivity contribution in [2.75, 3.05) is 5.32 Å². The van der Waals surface area contributed by atoms with E-state index in [9.17, 15) is 9.90 Å². The van der Waals surface area contributed by atoms with Gasteiger partial charge in [-0.2, -0.15) is 0 Å². The lowest BCUT2D eigenvalue weighted by atomic mass is 9.68. The lowest BCUT2D eigenvalue weighted by Crippen LogP contribution is -2.42. The lowest BCUT2D eigenvalue weighted by molar-refractivity contribution is -0.124. The minimum absolute atomic E-state index is 0.0732. The smallest absolute Gasteiger partial charge is 0.144 e. The van der Waals surface area contributed by atoms with E-state index in [4.69, 9.17) is 4.99 Å². The molecular weight excluding hydrogens is 336 g/mol. The molecular formula is C23H26N2O2. The molecule has 0 amide bonds. The Morgan fingerprint density at radius 3 is 2.44 bits per heavy atom. The van der Waals surface area contributed by atoms with E-state index in [0.717, 1.165) is 29.1 Å². The average Bonchev–Trinajstić information content (AvgIpc) is 2.71. The van der Waals surface area contributed by atoms with Crippen molar-refractivity contribution in [1.29, 1.82) is 0 Å². The van der Waals surface area contributed by atoms with Crippen molar-refractivity contribution in [1.82, 2.24) is 0 Å². The number of aromatic hydroxyl groups is 1. The summed E-state index contributed by atoms with van der Waals surface area (Å²) >= 11 is 0. The number of carbonyl (C=O) groups is 1. The molecule has 1 saturated carbocycles. The van der Waals surface area contributed by atoms with Gasteiger partial charge in [-0.1, -0.05) is 26.0 Å². The Kier molecular flexibility index (Phi) is 4.10. The van der Waals surface area contributed by atoms with Crippen LogP contribution in [0.25, 0.3) is 0 Å². The van der Waals surface area contributed by atoms with Crippen LogP contribution in [0.4, 0.5) is 11.4 Å². The minimum atomic E-state index is -0.282. The molecule has 27 heavy (non-hydrogen) atoms. The molecule has 1 unspecified atom stereocenters. The molecule has 1 aliphatic heterocycles. The van der Waals surface area contributed by atoms with Crippen molar-refractivity contribution in [3.05, 3.63) is 53.1 Å². The molecule has 1 aliphatic carbocycles. The van der Waals surface area contributed by atoms with E-state index in [1.807, 2.05) is 12.1 Å². The number of nitrogens with zero attached hydrogens (tertiary/aromatic N) is 1. The minimum Gasteiger partial charge on any atom is -0.508 e. The van der Waals surface area contributed by atoms with E-state index in [1.165, 1.54) is 11.1 Å². The number of benzene rings is 2. The molecule has 2 aromatic rings. The van der Waals surface area contributed by atoms with Gasteiger partial charge in [-0.3, -0.25) is 9.79 Å². The maximum absolute atomic E-state index is 13.2. The van der Waals surface area contributed by atoms with Gasteiger partial charge in [0.15, 0.2) is 0 Å². The van der Waals surface area contributed by atoms with E-state index in [0.29, 0.717) is 6.42 Å². The number of hydrogen-bond donors (Lipinski definition) is 2. The summed E-state index contributed by atoms with van der Waals surface area (Å²) in [4.78, 5) is 18.1. The fourth-order valence-electron chi connectivity index (χ4n) is 4.29. The second kappa shape index (κ2) is 6.22. The van der Waals surface area contributed by atoms with Crippen LogP contribution in [0.5, 0.6) is 5.75 Å². The number of rotatable bonds is 1. The first-order valence-electron chi connectivity index (χ1n) is 9.50. The van der Waals surface area contributed by atoms with Crippen molar-refractivity contribution >= 4 is 22.9 Å². The highest BCUT2D eigenvalue weighted by molar-refractivity contribution is 6.10. The van der Waals surface area contributed by atoms with E-state index < -0.39 is 0 Å². The monoisotopic (exact) mass is 362 g/mol. The zero-order chi connectivity index (χ0) is 19.3. The molecule has 0 bridgehead atoms. The first-order chi connectivity index (χ1) is 12.7. The standard InChI is InChI=1S/C23H26N2O2/c1-13-9-17-18(10-14(13)2)25-22(15-5-7-16(26)8-6-15)21-19(24-17)11-23(3,4)12-20(21)27/h5-10,21-22,25-26H,11-12H2,1-4H3/t21?,22-/m1/s1. The third kappa shape index (κ3) is 3.25. The summed E-state index contributed by atoms with van der Waals surface area (Å²) in [5, 5.41) is 13.3. The molecule has 4 nitrogen and oxygen atoms in total. The third-order valence-corrected chi connectivity index (χ3v) is 5.79. The molecule has 0 radical (unpaired) electrons. The van der Waals surface area contributed by atoms with Gasteiger partial charge in [0, 0.05) is 12.1 Å². The number of carbonyl (C=O) groups excluding carboxylic acids is 1. The van der Waals surface area contributed by atoms with Crippen LogP contribution in [0.15, 0.2) is 41.4 Å². The summed E-state index contributed by atoms with van der Waals surface area (Å²) in [7, 11) is 0. The predicted octanol–water partition coefficient (Wildman–Crippen LogP) is 5.25. The summed E-state index contributed by atoms with van der Waals surface area (Å²) < 4.78 is 0.